The first-order chi connectivity index (χ1) is 19.6. The van der Waals surface area contributed by atoms with E-state index < -0.39 is 26.9 Å². The van der Waals surface area contributed by atoms with Crippen molar-refractivity contribution in [2.45, 2.75) is 56.1 Å². The normalized spacial score (nSPS) is 21.8. The van der Waals surface area contributed by atoms with Crippen LogP contribution in [0.2, 0.25) is 0 Å². The Labute approximate surface area is 237 Å². The lowest BCUT2D eigenvalue weighted by atomic mass is 9.65. The van der Waals surface area contributed by atoms with Crippen LogP contribution < -0.4 is 4.72 Å². The van der Waals surface area contributed by atoms with Gasteiger partial charge in [0.1, 0.15) is 16.5 Å². The summed E-state index contributed by atoms with van der Waals surface area (Å²) in [6.45, 7) is 1.85. The number of halogens is 2. The van der Waals surface area contributed by atoms with Crippen LogP contribution in [-0.4, -0.2) is 33.9 Å². The summed E-state index contributed by atoms with van der Waals surface area (Å²) in [6, 6.07) is 13.8. The van der Waals surface area contributed by atoms with Crippen LogP contribution >= 0.6 is 0 Å². The van der Waals surface area contributed by atoms with Crippen LogP contribution in [0.1, 0.15) is 48.6 Å². The Morgan fingerprint density at radius 1 is 1.07 bits per heavy atom. The van der Waals surface area contributed by atoms with Gasteiger partial charge in [-0.05, 0) is 91.8 Å². The summed E-state index contributed by atoms with van der Waals surface area (Å²) in [5.74, 6) is -0.814. The molecule has 2 heterocycles. The van der Waals surface area contributed by atoms with E-state index in [1.54, 1.807) is 35.1 Å². The fourth-order valence-electron chi connectivity index (χ4n) is 6.25. The molecule has 2 aliphatic rings. The van der Waals surface area contributed by atoms with Crippen molar-refractivity contribution >= 4 is 16.1 Å². The number of fused-ring (bicyclic) bond motifs is 2. The van der Waals surface area contributed by atoms with Gasteiger partial charge in [-0.3, -0.25) is 4.98 Å². The number of sulfonamides is 1. The molecule has 0 bridgehead atoms. The highest BCUT2D eigenvalue weighted by Gasteiger charge is 2.54. The van der Waals surface area contributed by atoms with Gasteiger partial charge in [0, 0.05) is 29.9 Å². The minimum atomic E-state index is -3.87. The van der Waals surface area contributed by atoms with Crippen LogP contribution in [0.3, 0.4) is 0 Å². The lowest BCUT2D eigenvalue weighted by Gasteiger charge is -2.42. The van der Waals surface area contributed by atoms with Gasteiger partial charge in [0.25, 0.3) is 0 Å². The second-order valence-electron chi connectivity index (χ2n) is 11.0. The third-order valence-electron chi connectivity index (χ3n) is 8.76. The van der Waals surface area contributed by atoms with Gasteiger partial charge in [-0.15, -0.1) is 0 Å². The maximum atomic E-state index is 14.9. The van der Waals surface area contributed by atoms with E-state index in [9.17, 15) is 22.3 Å². The molecule has 10 heteroatoms. The van der Waals surface area contributed by atoms with Crippen molar-refractivity contribution in [3.8, 4) is 5.69 Å². The number of aliphatic hydroxyl groups is 1. The van der Waals surface area contributed by atoms with E-state index in [1.807, 2.05) is 0 Å². The summed E-state index contributed by atoms with van der Waals surface area (Å²) in [6.07, 6.45) is 9.23. The van der Waals surface area contributed by atoms with E-state index in [1.165, 1.54) is 42.7 Å². The summed E-state index contributed by atoms with van der Waals surface area (Å²) in [7, 11) is -3.87. The molecule has 41 heavy (non-hydrogen) atoms. The molecule has 1 fully saturated rings. The van der Waals surface area contributed by atoms with Crippen molar-refractivity contribution in [1.82, 2.24) is 19.5 Å². The topological polar surface area (TPSA) is 97.1 Å². The number of rotatable bonds is 8. The Bertz CT molecular complexity index is 1740. The minimum Gasteiger partial charge on any atom is -0.389 e. The predicted molar refractivity (Wildman–Crippen MR) is 150 cm³/mol. The number of nitrogens with zero attached hydrogens (tertiary/aromatic N) is 3. The highest BCUT2D eigenvalue weighted by atomic mass is 32.2. The molecule has 2 N–H and O–H groups in total. The molecule has 7 nitrogen and oxygen atoms in total. The van der Waals surface area contributed by atoms with Crippen LogP contribution in [0.25, 0.3) is 11.8 Å². The number of pyridine rings is 1. The molecular weight excluding hydrogens is 546 g/mol. The van der Waals surface area contributed by atoms with Gasteiger partial charge in [0.15, 0.2) is 0 Å². The Morgan fingerprint density at radius 2 is 1.88 bits per heavy atom. The van der Waals surface area contributed by atoms with Crippen molar-refractivity contribution in [3.05, 3.63) is 113 Å². The first-order valence-electron chi connectivity index (χ1n) is 13.5. The predicted octanol–water partition coefficient (Wildman–Crippen LogP) is 5.13. The number of aromatic nitrogens is 3. The molecule has 6 rings (SSSR count). The second-order valence-corrected chi connectivity index (χ2v) is 12.8. The van der Waals surface area contributed by atoms with Crippen LogP contribution in [0.4, 0.5) is 8.78 Å². The van der Waals surface area contributed by atoms with Gasteiger partial charge < -0.3 is 5.11 Å². The number of nitrogens with one attached hydrogen (secondary N) is 1. The molecule has 0 spiro atoms. The Balaban J connectivity index is 1.22. The Kier molecular flexibility index (Phi) is 6.88. The molecule has 0 aliphatic heterocycles. The largest absolute Gasteiger partial charge is 0.389 e. The van der Waals surface area contributed by atoms with E-state index in [2.05, 4.69) is 27.8 Å². The first kappa shape index (κ1) is 27.4. The zero-order chi connectivity index (χ0) is 28.8. The maximum absolute atomic E-state index is 14.9. The van der Waals surface area contributed by atoms with Crippen molar-refractivity contribution in [2.75, 3.05) is 0 Å². The van der Waals surface area contributed by atoms with Gasteiger partial charge in [-0.25, -0.2) is 26.6 Å². The van der Waals surface area contributed by atoms with Crippen molar-refractivity contribution in [1.29, 1.82) is 0 Å². The summed E-state index contributed by atoms with van der Waals surface area (Å²) in [4.78, 5) is 3.86. The van der Waals surface area contributed by atoms with Gasteiger partial charge in [-0.2, -0.15) is 5.10 Å². The van der Waals surface area contributed by atoms with Crippen LogP contribution in [0.15, 0.2) is 83.7 Å². The van der Waals surface area contributed by atoms with Crippen LogP contribution in [0.5, 0.6) is 0 Å². The minimum absolute atomic E-state index is 0.00446. The fraction of sp³-hybridized carbons (Fsp3) is 0.290. The fourth-order valence-corrected chi connectivity index (χ4v) is 7.21. The summed E-state index contributed by atoms with van der Waals surface area (Å²) >= 11 is 0. The van der Waals surface area contributed by atoms with Crippen molar-refractivity contribution < 1.29 is 22.3 Å². The van der Waals surface area contributed by atoms with E-state index in [0.29, 0.717) is 37.7 Å². The van der Waals surface area contributed by atoms with Crippen molar-refractivity contribution in [3.63, 3.8) is 0 Å². The molecular formula is C31H30F2N4O3S. The van der Waals surface area contributed by atoms with Crippen molar-refractivity contribution in [2.24, 2.45) is 5.41 Å². The van der Waals surface area contributed by atoms with E-state index in [4.69, 9.17) is 0 Å². The average molecular weight is 577 g/mol. The lowest BCUT2D eigenvalue weighted by Crippen LogP contribution is -2.45. The number of hydrogen-bond donors (Lipinski definition) is 2. The smallest absolute Gasteiger partial charge is 0.242 e. The number of hydrogen-bond acceptors (Lipinski definition) is 5. The van der Waals surface area contributed by atoms with E-state index in [-0.39, 0.29) is 22.8 Å². The van der Waals surface area contributed by atoms with Crippen LogP contribution in [0, 0.1) is 17.0 Å². The summed E-state index contributed by atoms with van der Waals surface area (Å²) < 4.78 is 58.1. The van der Waals surface area contributed by atoms with Gasteiger partial charge in [0.05, 0.1) is 23.2 Å². The molecule has 212 valence electrons. The third kappa shape index (κ3) is 4.90. The molecule has 0 radical (unpaired) electrons. The van der Waals surface area contributed by atoms with Gasteiger partial charge in [-0.1, -0.05) is 24.6 Å². The third-order valence-corrected chi connectivity index (χ3v) is 10.2. The quantitative estimate of drug-likeness (QED) is 0.303. The molecule has 4 aromatic rings. The maximum Gasteiger partial charge on any atom is 0.242 e. The molecule has 0 unspecified atom stereocenters. The molecule has 2 aromatic heterocycles. The summed E-state index contributed by atoms with van der Waals surface area (Å²) in [5, 5.41) is 16.6. The zero-order valence-electron chi connectivity index (χ0n) is 22.5. The zero-order valence-corrected chi connectivity index (χ0v) is 23.3. The standard InChI is InChI=1S/C31H30F2N4O3S/c1-30-17-22-18-35-37(25-9-7-24(32)8-10-25)29(22)16-23(30)12-14-31(30,38)13-11-21-4-2-6-28(33)27(21)20-36-41(39,40)26-5-3-15-34-19-26/h2-10,15-16,18-19,36,38H,11-14,17,20H2,1H3/t30-,31-/m0/s1. The Hall–Kier alpha value is -3.73. The Morgan fingerprint density at radius 3 is 2.63 bits per heavy atom. The second kappa shape index (κ2) is 10.3. The van der Waals surface area contributed by atoms with Gasteiger partial charge in [0.2, 0.25) is 10.0 Å². The average Bonchev–Trinajstić information content (AvgIpc) is 3.48. The molecule has 0 saturated heterocycles. The number of aryl methyl sites for hydroxylation is 1. The molecule has 2 aliphatic carbocycles. The number of benzene rings is 2. The van der Waals surface area contributed by atoms with Gasteiger partial charge >= 0.3 is 0 Å². The SMILES string of the molecule is C[C@]12Cc3cnn(-c4ccc(F)cc4)c3C=C1CC[C@@]2(O)CCc1cccc(F)c1CNS(=O)(=O)c1cccnc1. The highest BCUT2D eigenvalue weighted by Crippen LogP contribution is 2.56. The van der Waals surface area contributed by atoms with E-state index >= 15 is 0 Å². The first-order valence-corrected chi connectivity index (χ1v) is 15.0. The molecule has 2 atom stereocenters. The lowest BCUT2D eigenvalue weighted by molar-refractivity contribution is -0.0462. The van der Waals surface area contributed by atoms with Crippen LogP contribution in [-0.2, 0) is 29.4 Å². The molecule has 0 amide bonds. The molecule has 1 saturated carbocycles. The summed E-state index contributed by atoms with van der Waals surface area (Å²) in [5.41, 5.74) is 3.14. The highest BCUT2D eigenvalue weighted by molar-refractivity contribution is 7.89. The monoisotopic (exact) mass is 576 g/mol. The molecule has 2 aromatic carbocycles. The van der Waals surface area contributed by atoms with E-state index in [0.717, 1.165) is 22.5 Å².